The number of benzene rings is 10. The number of rotatable bonds is 8. The molecule has 1 saturated carbocycles. The fourth-order valence-corrected chi connectivity index (χ4v) is 12.6. The van der Waals surface area contributed by atoms with E-state index in [-0.39, 0.29) is 0 Å². The minimum Gasteiger partial charge on any atom is -0.310 e. The van der Waals surface area contributed by atoms with Gasteiger partial charge in [0, 0.05) is 59.1 Å². The molecule has 0 N–H and O–H groups in total. The smallest absolute Gasteiger partial charge is 0.0619 e. The van der Waals surface area contributed by atoms with E-state index >= 15 is 0 Å². The maximum Gasteiger partial charge on any atom is 0.0619 e. The van der Waals surface area contributed by atoms with E-state index < -0.39 is 0 Å². The monoisotopic (exact) mass is 876 g/mol. The summed E-state index contributed by atoms with van der Waals surface area (Å²) in [5.74, 6) is 0.575. The van der Waals surface area contributed by atoms with Gasteiger partial charge >= 0.3 is 0 Å². The quantitative estimate of drug-likeness (QED) is 0.148. The topological polar surface area (TPSA) is 8.17 Å². The number of nitrogens with zero attached hydrogens (tertiary/aromatic N) is 2. The zero-order chi connectivity index (χ0) is 44.3. The van der Waals surface area contributed by atoms with Crippen molar-refractivity contribution in [3.8, 4) is 39.1 Å². The molecular formula is C64H48N2S. The maximum atomic E-state index is 2.50. The van der Waals surface area contributed by atoms with Crippen LogP contribution in [0.2, 0.25) is 0 Å². The molecule has 0 amide bonds. The first-order chi connectivity index (χ1) is 33.3. The van der Waals surface area contributed by atoms with Crippen LogP contribution in [0.5, 0.6) is 0 Å². The van der Waals surface area contributed by atoms with E-state index in [9.17, 15) is 0 Å². The summed E-state index contributed by atoms with van der Waals surface area (Å²) in [7, 11) is 0. The Hall–Kier alpha value is -7.72. The number of hydrogen-bond acceptors (Lipinski definition) is 2. The van der Waals surface area contributed by atoms with Crippen molar-refractivity contribution in [1.82, 2.24) is 4.57 Å². The second kappa shape index (κ2) is 16.6. The molecule has 10 aromatic carbocycles. The van der Waals surface area contributed by atoms with Crippen molar-refractivity contribution in [2.75, 3.05) is 4.90 Å². The van der Waals surface area contributed by atoms with Gasteiger partial charge in [0.05, 0.1) is 16.7 Å². The van der Waals surface area contributed by atoms with Crippen LogP contribution in [-0.2, 0) is 0 Å². The number of anilines is 3. The Morgan fingerprint density at radius 2 is 1.09 bits per heavy atom. The van der Waals surface area contributed by atoms with Crippen LogP contribution in [0.25, 0.3) is 91.8 Å². The Bertz CT molecular complexity index is 3790. The van der Waals surface area contributed by atoms with Crippen LogP contribution in [0.15, 0.2) is 224 Å². The molecule has 0 saturated heterocycles. The summed E-state index contributed by atoms with van der Waals surface area (Å²) in [6.45, 7) is 0. The zero-order valence-electron chi connectivity index (χ0n) is 37.3. The third-order valence-electron chi connectivity index (χ3n) is 14.4. The van der Waals surface area contributed by atoms with Gasteiger partial charge in [-0.2, -0.15) is 0 Å². The fraction of sp³-hybridized carbons (Fsp3) is 0.0938. The summed E-state index contributed by atoms with van der Waals surface area (Å²) in [6.07, 6.45) is 6.46. The largest absolute Gasteiger partial charge is 0.310 e. The van der Waals surface area contributed by atoms with Crippen LogP contribution < -0.4 is 4.90 Å². The van der Waals surface area contributed by atoms with Gasteiger partial charge in [0.2, 0.25) is 0 Å². The zero-order valence-corrected chi connectivity index (χ0v) is 38.1. The van der Waals surface area contributed by atoms with Crippen molar-refractivity contribution < 1.29 is 0 Å². The summed E-state index contributed by atoms with van der Waals surface area (Å²) >= 11 is 1.89. The second-order valence-corrected chi connectivity index (χ2v) is 19.3. The fourth-order valence-electron chi connectivity index (χ4n) is 11.3. The first kappa shape index (κ1) is 39.6. The Labute approximate surface area is 395 Å². The van der Waals surface area contributed by atoms with Crippen LogP contribution >= 0.6 is 11.3 Å². The van der Waals surface area contributed by atoms with Crippen molar-refractivity contribution in [3.63, 3.8) is 0 Å². The van der Waals surface area contributed by atoms with E-state index in [2.05, 4.69) is 234 Å². The lowest BCUT2D eigenvalue weighted by Crippen LogP contribution is -2.11. The Kier molecular flexibility index (Phi) is 9.83. The Morgan fingerprint density at radius 3 is 1.96 bits per heavy atom. The van der Waals surface area contributed by atoms with Crippen LogP contribution in [0.3, 0.4) is 0 Å². The molecule has 1 aliphatic rings. The molecule has 0 bridgehead atoms. The molecule has 0 aliphatic heterocycles. The lowest BCUT2D eigenvalue weighted by molar-refractivity contribution is 0.445. The van der Waals surface area contributed by atoms with Gasteiger partial charge in [-0.3, -0.25) is 0 Å². The first-order valence-electron chi connectivity index (χ1n) is 23.9. The molecule has 1 aliphatic carbocycles. The molecule has 13 rings (SSSR count). The first-order valence-corrected chi connectivity index (χ1v) is 24.7. The lowest BCUT2D eigenvalue weighted by atomic mass is 9.80. The van der Waals surface area contributed by atoms with Crippen molar-refractivity contribution >= 4 is 81.1 Å². The molecule has 3 heteroatoms. The summed E-state index contributed by atoms with van der Waals surface area (Å²) < 4.78 is 5.10. The minimum absolute atomic E-state index is 0.575. The van der Waals surface area contributed by atoms with Crippen LogP contribution in [-0.4, -0.2) is 4.57 Å². The van der Waals surface area contributed by atoms with Gasteiger partial charge in [0.1, 0.15) is 0 Å². The number of aromatic nitrogens is 1. The van der Waals surface area contributed by atoms with Crippen LogP contribution in [0.4, 0.5) is 17.1 Å². The van der Waals surface area contributed by atoms with Gasteiger partial charge in [0.15, 0.2) is 0 Å². The molecule has 2 heterocycles. The van der Waals surface area contributed by atoms with Crippen LogP contribution in [0, 0.1) is 0 Å². The van der Waals surface area contributed by atoms with Gasteiger partial charge < -0.3 is 9.47 Å². The average molecular weight is 877 g/mol. The molecule has 1 fully saturated rings. The van der Waals surface area contributed by atoms with Crippen molar-refractivity contribution in [1.29, 1.82) is 0 Å². The molecule has 2 aromatic heterocycles. The van der Waals surface area contributed by atoms with Gasteiger partial charge in [0.25, 0.3) is 0 Å². The number of fused-ring (bicyclic) bond motifs is 7. The summed E-state index contributed by atoms with van der Waals surface area (Å²) in [5.41, 5.74) is 15.8. The van der Waals surface area contributed by atoms with E-state index in [1.54, 1.807) is 0 Å². The molecule has 0 spiro atoms. The number of hydrogen-bond donors (Lipinski definition) is 0. The van der Waals surface area contributed by atoms with Gasteiger partial charge in [-0.1, -0.05) is 189 Å². The van der Waals surface area contributed by atoms with Crippen LogP contribution in [0.1, 0.15) is 43.6 Å². The predicted molar refractivity (Wildman–Crippen MR) is 288 cm³/mol. The minimum atomic E-state index is 0.575. The highest BCUT2D eigenvalue weighted by molar-refractivity contribution is 7.26. The maximum absolute atomic E-state index is 2.50. The van der Waals surface area contributed by atoms with Crippen molar-refractivity contribution in [2.24, 2.45) is 0 Å². The second-order valence-electron chi connectivity index (χ2n) is 18.2. The van der Waals surface area contributed by atoms with E-state index in [4.69, 9.17) is 0 Å². The van der Waals surface area contributed by atoms with E-state index in [0.29, 0.717) is 5.92 Å². The van der Waals surface area contributed by atoms with Gasteiger partial charge in [-0.15, -0.1) is 11.3 Å². The molecule has 12 aromatic rings. The normalized spacial score (nSPS) is 13.3. The highest BCUT2D eigenvalue weighted by Crippen LogP contribution is 2.48. The molecule has 0 unspecified atom stereocenters. The molecule has 0 atom stereocenters. The highest BCUT2D eigenvalue weighted by atomic mass is 32.1. The Balaban J connectivity index is 1.02. The average Bonchev–Trinajstić information content (AvgIpc) is 3.96. The summed E-state index contributed by atoms with van der Waals surface area (Å²) in [6, 6.07) is 83.5. The molecule has 0 radical (unpaired) electrons. The molecule has 320 valence electrons. The molecule has 2 nitrogen and oxygen atoms in total. The predicted octanol–water partition coefficient (Wildman–Crippen LogP) is 18.8. The number of para-hydroxylation sites is 4. The standard InChI is InChI=1S/C64H48N2S/c1-3-18-43(19-4-1)50-29-14-20-45-21-15-32-56(62(45)50)53-26-7-10-35-59(53)65(48-40-38-44(39-41-48)52-31-17-34-58-55-28-9-12-37-61(55)67-64(52)58)49-25-13-22-46(42-49)51-30-16-33-57-54-27-8-11-36-60(54)66(63(51)57)47-23-5-2-6-24-47/h2,5-17,20-43H,1,3-4,18-19H2. The highest BCUT2D eigenvalue weighted by Gasteiger charge is 2.24. The third-order valence-corrected chi connectivity index (χ3v) is 15.6. The van der Waals surface area contributed by atoms with Crippen molar-refractivity contribution in [2.45, 2.75) is 38.0 Å². The van der Waals surface area contributed by atoms with Crippen molar-refractivity contribution in [3.05, 3.63) is 230 Å². The lowest BCUT2D eigenvalue weighted by Gasteiger charge is -2.29. The SMILES string of the molecule is c1ccc(-n2c3ccccc3c3cccc(-c4cccc(N(c5ccc(-c6cccc7c6sc6ccccc67)cc5)c5ccccc5-c5cccc6cccc(C7CCCCC7)c56)c4)c32)cc1. The third kappa shape index (κ3) is 6.76. The molecular weight excluding hydrogens is 829 g/mol. The number of thiophene rings is 1. The summed E-state index contributed by atoms with van der Waals surface area (Å²) in [5, 5.41) is 7.85. The summed E-state index contributed by atoms with van der Waals surface area (Å²) in [4.78, 5) is 2.50. The van der Waals surface area contributed by atoms with E-state index in [1.165, 1.54) is 124 Å². The van der Waals surface area contributed by atoms with E-state index in [0.717, 1.165) is 22.7 Å². The van der Waals surface area contributed by atoms with Gasteiger partial charge in [-0.25, -0.2) is 0 Å². The Morgan fingerprint density at radius 1 is 0.433 bits per heavy atom. The molecule has 67 heavy (non-hydrogen) atoms. The van der Waals surface area contributed by atoms with Gasteiger partial charge in [-0.05, 0) is 112 Å². The van der Waals surface area contributed by atoms with E-state index in [1.807, 2.05) is 11.3 Å².